The van der Waals surface area contributed by atoms with E-state index in [2.05, 4.69) is 12.2 Å². The van der Waals surface area contributed by atoms with Gasteiger partial charge >= 0.3 is 6.09 Å². The van der Waals surface area contributed by atoms with Gasteiger partial charge in [-0.1, -0.05) is 12.2 Å². The van der Waals surface area contributed by atoms with E-state index in [9.17, 15) is 10.0 Å². The van der Waals surface area contributed by atoms with E-state index in [0.29, 0.717) is 5.92 Å². The monoisotopic (exact) mass is 332 g/mol. The number of carbonyl (C=O) groups excluding carboxylic acids is 1. The first-order valence-corrected chi connectivity index (χ1v) is 8.67. The van der Waals surface area contributed by atoms with Gasteiger partial charge < -0.3 is 14.8 Å². The van der Waals surface area contributed by atoms with Crippen LogP contribution in [-0.2, 0) is 4.74 Å². The highest BCUT2D eigenvalue weighted by molar-refractivity contribution is 5.68. The number of ether oxygens (including phenoxy) is 1. The van der Waals surface area contributed by atoms with Crippen molar-refractivity contribution < 1.29 is 14.3 Å². The second-order valence-electron chi connectivity index (χ2n) is 7.38. The third-order valence-corrected chi connectivity index (χ3v) is 4.15. The number of aromatic nitrogens is 1. The van der Waals surface area contributed by atoms with Crippen LogP contribution < -0.4 is 4.73 Å². The van der Waals surface area contributed by atoms with Crippen LogP contribution in [0.3, 0.4) is 0 Å². The Morgan fingerprint density at radius 1 is 1.33 bits per heavy atom. The number of hydrogen-bond acceptors (Lipinski definition) is 3. The molecule has 0 aliphatic carbocycles. The lowest BCUT2D eigenvalue weighted by Gasteiger charge is -2.33. The number of nitrogens with zero attached hydrogens (tertiary/aromatic N) is 2. The topological polar surface area (TPSA) is 56.5 Å². The summed E-state index contributed by atoms with van der Waals surface area (Å²) in [5.41, 5.74) is 0.614. The Morgan fingerprint density at radius 2 is 1.96 bits per heavy atom. The van der Waals surface area contributed by atoms with Crippen LogP contribution in [0.15, 0.2) is 30.6 Å². The van der Waals surface area contributed by atoms with Crippen molar-refractivity contribution in [3.63, 3.8) is 0 Å². The molecule has 1 fully saturated rings. The standard InChI is InChI=1S/C19H28N2O3/c1-19(2,3)24-18(22)20-12-8-16(9-13-20)6-4-5-7-17-10-14-21(23)15-11-17/h5,7,10-11,14-16H,4,6,8-9,12-13H2,1-3H3. The summed E-state index contributed by atoms with van der Waals surface area (Å²) in [6.07, 6.45) is 11.2. The van der Waals surface area contributed by atoms with Gasteiger partial charge in [-0.05, 0) is 57.9 Å². The molecule has 1 aliphatic rings. The van der Waals surface area contributed by atoms with Crippen molar-refractivity contribution in [1.82, 2.24) is 4.90 Å². The van der Waals surface area contributed by atoms with Gasteiger partial charge in [-0.2, -0.15) is 4.73 Å². The summed E-state index contributed by atoms with van der Waals surface area (Å²) in [5.74, 6) is 0.660. The van der Waals surface area contributed by atoms with Crippen molar-refractivity contribution in [3.05, 3.63) is 41.4 Å². The summed E-state index contributed by atoms with van der Waals surface area (Å²) in [4.78, 5) is 13.8. The van der Waals surface area contributed by atoms with Crippen LogP contribution in [0.1, 0.15) is 52.0 Å². The Kier molecular flexibility index (Phi) is 6.23. The molecule has 0 atom stereocenters. The summed E-state index contributed by atoms with van der Waals surface area (Å²) < 4.78 is 6.21. The van der Waals surface area contributed by atoms with Gasteiger partial charge in [-0.3, -0.25) is 0 Å². The molecule has 0 saturated carbocycles. The van der Waals surface area contributed by atoms with E-state index in [1.54, 1.807) is 0 Å². The maximum Gasteiger partial charge on any atom is 0.410 e. The van der Waals surface area contributed by atoms with Crippen LogP contribution in [0.25, 0.3) is 6.08 Å². The van der Waals surface area contributed by atoms with E-state index >= 15 is 0 Å². The zero-order valence-electron chi connectivity index (χ0n) is 14.9. The molecule has 0 radical (unpaired) electrons. The molecule has 2 rings (SSSR count). The van der Waals surface area contributed by atoms with Crippen LogP contribution in [0.5, 0.6) is 0 Å². The predicted octanol–water partition coefficient (Wildman–Crippen LogP) is 3.76. The van der Waals surface area contributed by atoms with Gasteiger partial charge in [0.2, 0.25) is 0 Å². The normalized spacial score (nSPS) is 16.5. The number of amides is 1. The highest BCUT2D eigenvalue weighted by atomic mass is 16.6. The molecule has 0 N–H and O–H groups in total. The van der Waals surface area contributed by atoms with Crippen molar-refractivity contribution in [1.29, 1.82) is 0 Å². The van der Waals surface area contributed by atoms with Gasteiger partial charge in [0.25, 0.3) is 0 Å². The van der Waals surface area contributed by atoms with Crippen LogP contribution in [-0.4, -0.2) is 29.7 Å². The zero-order valence-corrected chi connectivity index (χ0v) is 14.9. The fourth-order valence-electron chi connectivity index (χ4n) is 2.82. The Hall–Kier alpha value is -2.04. The molecule has 2 heterocycles. The van der Waals surface area contributed by atoms with E-state index in [1.165, 1.54) is 12.4 Å². The van der Waals surface area contributed by atoms with Crippen LogP contribution in [0, 0.1) is 11.1 Å². The van der Waals surface area contributed by atoms with Gasteiger partial charge in [-0.15, -0.1) is 0 Å². The van der Waals surface area contributed by atoms with E-state index in [-0.39, 0.29) is 6.09 Å². The molecule has 0 spiro atoms. The van der Waals surface area contributed by atoms with Crippen molar-refractivity contribution in [2.45, 2.75) is 52.1 Å². The number of pyridine rings is 1. The number of likely N-dealkylation sites (tertiary alicyclic amines) is 1. The van der Waals surface area contributed by atoms with Crippen LogP contribution in [0.2, 0.25) is 0 Å². The molecule has 1 aromatic rings. The molecular formula is C19H28N2O3. The SMILES string of the molecule is CC(C)(C)OC(=O)N1CCC(CCC=Cc2cc[n+]([O-])cc2)CC1. The van der Waals surface area contributed by atoms with Gasteiger partial charge in [-0.25, -0.2) is 4.79 Å². The minimum atomic E-state index is -0.429. The Bertz CT molecular complexity index is 553. The Morgan fingerprint density at radius 3 is 2.54 bits per heavy atom. The van der Waals surface area contributed by atoms with Crippen LogP contribution >= 0.6 is 0 Å². The molecule has 0 bridgehead atoms. The summed E-state index contributed by atoms with van der Waals surface area (Å²) in [6.45, 7) is 7.25. The third-order valence-electron chi connectivity index (χ3n) is 4.15. The summed E-state index contributed by atoms with van der Waals surface area (Å²) in [6, 6.07) is 3.62. The first-order valence-electron chi connectivity index (χ1n) is 8.67. The molecule has 24 heavy (non-hydrogen) atoms. The van der Waals surface area contributed by atoms with E-state index < -0.39 is 5.60 Å². The second-order valence-corrected chi connectivity index (χ2v) is 7.38. The molecule has 0 aromatic carbocycles. The minimum absolute atomic E-state index is 0.194. The predicted molar refractivity (Wildman–Crippen MR) is 94.2 cm³/mol. The number of allylic oxidation sites excluding steroid dienone is 1. The highest BCUT2D eigenvalue weighted by Crippen LogP contribution is 2.23. The Labute approximate surface area is 144 Å². The molecule has 5 heteroatoms. The number of rotatable bonds is 4. The van der Waals surface area contributed by atoms with Crippen molar-refractivity contribution in [2.75, 3.05) is 13.1 Å². The van der Waals surface area contributed by atoms with Crippen LogP contribution in [0.4, 0.5) is 4.79 Å². The average Bonchev–Trinajstić information content (AvgIpc) is 2.52. The van der Waals surface area contributed by atoms with E-state index in [0.717, 1.165) is 49.1 Å². The van der Waals surface area contributed by atoms with E-state index in [1.807, 2.05) is 37.8 Å². The summed E-state index contributed by atoms with van der Waals surface area (Å²) in [7, 11) is 0. The maximum atomic E-state index is 12.0. The lowest BCUT2D eigenvalue weighted by atomic mass is 9.92. The third kappa shape index (κ3) is 6.22. The van der Waals surface area contributed by atoms with Crippen molar-refractivity contribution in [2.24, 2.45) is 5.92 Å². The van der Waals surface area contributed by atoms with Crippen molar-refractivity contribution >= 4 is 12.2 Å². The molecule has 1 aromatic heterocycles. The fraction of sp³-hybridized carbons (Fsp3) is 0.579. The molecule has 5 nitrogen and oxygen atoms in total. The summed E-state index contributed by atoms with van der Waals surface area (Å²) in [5, 5.41) is 11.0. The molecule has 132 valence electrons. The van der Waals surface area contributed by atoms with E-state index in [4.69, 9.17) is 4.74 Å². The van der Waals surface area contributed by atoms with Gasteiger partial charge in [0, 0.05) is 25.2 Å². The van der Waals surface area contributed by atoms with Crippen molar-refractivity contribution in [3.8, 4) is 0 Å². The minimum Gasteiger partial charge on any atom is -0.619 e. The largest absolute Gasteiger partial charge is 0.619 e. The smallest absolute Gasteiger partial charge is 0.410 e. The number of hydrogen-bond donors (Lipinski definition) is 0. The lowest BCUT2D eigenvalue weighted by molar-refractivity contribution is -0.605. The lowest BCUT2D eigenvalue weighted by Crippen LogP contribution is -2.41. The zero-order chi connectivity index (χ0) is 17.6. The van der Waals surface area contributed by atoms with Gasteiger partial charge in [0.1, 0.15) is 5.60 Å². The molecule has 1 aliphatic heterocycles. The first kappa shape index (κ1) is 18.3. The first-order chi connectivity index (χ1) is 11.3. The quantitative estimate of drug-likeness (QED) is 0.623. The maximum absolute atomic E-state index is 12.0. The van der Waals surface area contributed by atoms with Gasteiger partial charge in [0.15, 0.2) is 12.4 Å². The number of piperidine rings is 1. The fourth-order valence-corrected chi connectivity index (χ4v) is 2.82. The van der Waals surface area contributed by atoms with Gasteiger partial charge in [0.05, 0.1) is 0 Å². The molecule has 0 unspecified atom stereocenters. The summed E-state index contributed by atoms with van der Waals surface area (Å²) >= 11 is 0. The molecular weight excluding hydrogens is 304 g/mol. The average molecular weight is 332 g/mol. The number of carbonyl (C=O) groups is 1. The molecule has 1 amide bonds. The Balaban J connectivity index is 1.68. The second kappa shape index (κ2) is 8.18. The highest BCUT2D eigenvalue weighted by Gasteiger charge is 2.26. The molecule has 1 saturated heterocycles.